The van der Waals surface area contributed by atoms with Gasteiger partial charge in [-0.05, 0) is 41.8 Å². The summed E-state index contributed by atoms with van der Waals surface area (Å²) in [6.45, 7) is 2.56. The van der Waals surface area contributed by atoms with Gasteiger partial charge in [0.15, 0.2) is 17.6 Å². The lowest BCUT2D eigenvalue weighted by Crippen LogP contribution is -2.34. The normalized spacial score (nSPS) is 11.5. The molecule has 0 radical (unpaired) electrons. The number of carboxylic acid groups (broad SMARTS) is 1. The third kappa shape index (κ3) is 5.70. The van der Waals surface area contributed by atoms with E-state index in [4.69, 9.17) is 9.47 Å². The Hall–Kier alpha value is -3.09. The minimum absolute atomic E-state index is 0.00175. The first-order valence-corrected chi connectivity index (χ1v) is 8.52. The number of carbonyl (C=O) groups excluding carboxylic acids is 1. The lowest BCUT2D eigenvalue weighted by molar-refractivity contribution is -0.142. The molecule has 7 heteroatoms. The topological polar surface area (TPSA) is 84.9 Å². The number of nitrogens with one attached hydrogen (secondary N) is 1. The summed E-state index contributed by atoms with van der Waals surface area (Å²) >= 11 is 0. The fraction of sp³-hybridized carbons (Fsp3) is 0.300. The maximum atomic E-state index is 13.9. The number of aliphatic carboxylic acids is 1. The molecule has 2 aromatic carbocycles. The van der Waals surface area contributed by atoms with E-state index in [0.717, 1.165) is 12.5 Å². The zero-order chi connectivity index (χ0) is 19.8. The first-order chi connectivity index (χ1) is 12.9. The number of benzene rings is 2. The van der Waals surface area contributed by atoms with Gasteiger partial charge in [0, 0.05) is 0 Å². The second-order valence-electron chi connectivity index (χ2n) is 5.91. The van der Waals surface area contributed by atoms with Crippen LogP contribution in [0.1, 0.15) is 30.5 Å². The quantitative estimate of drug-likeness (QED) is 0.703. The molecule has 6 nitrogen and oxygen atoms in total. The van der Waals surface area contributed by atoms with Crippen LogP contribution in [0.4, 0.5) is 4.39 Å². The molecule has 0 aliphatic carbocycles. The lowest BCUT2D eigenvalue weighted by atomic mass is 10.1. The van der Waals surface area contributed by atoms with Crippen molar-refractivity contribution in [2.24, 2.45) is 0 Å². The molecule has 0 heterocycles. The van der Waals surface area contributed by atoms with Crippen LogP contribution in [0.5, 0.6) is 11.5 Å². The van der Waals surface area contributed by atoms with E-state index in [1.807, 2.05) is 6.92 Å². The number of rotatable bonds is 9. The summed E-state index contributed by atoms with van der Waals surface area (Å²) in [5.74, 6) is -1.83. The Kier molecular flexibility index (Phi) is 7.16. The Balaban J connectivity index is 2.09. The highest BCUT2D eigenvalue weighted by Gasteiger charge is 2.23. The molecule has 2 rings (SSSR count). The highest BCUT2D eigenvalue weighted by atomic mass is 19.1. The summed E-state index contributed by atoms with van der Waals surface area (Å²) in [6, 6.07) is 9.44. The van der Waals surface area contributed by atoms with Crippen LogP contribution in [0.3, 0.4) is 0 Å². The van der Waals surface area contributed by atoms with Crippen molar-refractivity contribution >= 4 is 11.9 Å². The van der Waals surface area contributed by atoms with Crippen molar-refractivity contribution in [2.75, 3.05) is 13.7 Å². The highest BCUT2D eigenvalue weighted by Crippen LogP contribution is 2.22. The minimum Gasteiger partial charge on any atom is -0.494 e. The second kappa shape index (κ2) is 9.56. The molecule has 1 unspecified atom stereocenters. The summed E-state index contributed by atoms with van der Waals surface area (Å²) in [5, 5.41) is 11.8. The van der Waals surface area contributed by atoms with Gasteiger partial charge in [-0.2, -0.15) is 0 Å². The average Bonchev–Trinajstić information content (AvgIpc) is 2.64. The van der Waals surface area contributed by atoms with Gasteiger partial charge in [0.25, 0.3) is 0 Å². The van der Waals surface area contributed by atoms with Crippen LogP contribution < -0.4 is 14.8 Å². The molecule has 27 heavy (non-hydrogen) atoms. The maximum Gasteiger partial charge on any atom is 0.330 e. The first kappa shape index (κ1) is 20.2. The van der Waals surface area contributed by atoms with E-state index in [9.17, 15) is 19.1 Å². The number of hydrogen-bond acceptors (Lipinski definition) is 4. The van der Waals surface area contributed by atoms with Gasteiger partial charge in [-0.3, -0.25) is 4.79 Å². The zero-order valence-corrected chi connectivity index (χ0v) is 15.2. The molecule has 0 saturated carbocycles. The molecule has 0 fully saturated rings. The smallest absolute Gasteiger partial charge is 0.330 e. The Morgan fingerprint density at radius 3 is 2.63 bits per heavy atom. The van der Waals surface area contributed by atoms with Crippen LogP contribution in [0.15, 0.2) is 42.5 Å². The molecule has 0 saturated heterocycles. The molecule has 2 aromatic rings. The van der Waals surface area contributed by atoms with E-state index in [0.29, 0.717) is 17.9 Å². The van der Waals surface area contributed by atoms with Crippen molar-refractivity contribution in [3.8, 4) is 11.5 Å². The molecule has 0 bridgehead atoms. The molecule has 0 aliphatic heterocycles. The Bertz CT molecular complexity index is 809. The van der Waals surface area contributed by atoms with Crippen LogP contribution in [-0.4, -0.2) is 30.7 Å². The van der Waals surface area contributed by atoms with E-state index >= 15 is 0 Å². The van der Waals surface area contributed by atoms with Gasteiger partial charge >= 0.3 is 5.97 Å². The van der Waals surface area contributed by atoms with E-state index in [-0.39, 0.29) is 17.7 Å². The fourth-order valence-electron chi connectivity index (χ4n) is 2.51. The van der Waals surface area contributed by atoms with Crippen LogP contribution in [-0.2, 0) is 16.0 Å². The van der Waals surface area contributed by atoms with Gasteiger partial charge in [-0.15, -0.1) is 0 Å². The van der Waals surface area contributed by atoms with Crippen molar-refractivity contribution in [1.29, 1.82) is 0 Å². The van der Waals surface area contributed by atoms with E-state index in [1.54, 1.807) is 24.3 Å². The summed E-state index contributed by atoms with van der Waals surface area (Å²) in [6.07, 6.45) is 0.842. The van der Waals surface area contributed by atoms with Crippen molar-refractivity contribution < 1.29 is 28.6 Å². The Labute approximate surface area is 156 Å². The summed E-state index contributed by atoms with van der Waals surface area (Å²) in [4.78, 5) is 23.8. The average molecular weight is 375 g/mol. The monoisotopic (exact) mass is 375 g/mol. The van der Waals surface area contributed by atoms with E-state index in [2.05, 4.69) is 5.32 Å². The van der Waals surface area contributed by atoms with E-state index < -0.39 is 23.7 Å². The van der Waals surface area contributed by atoms with Gasteiger partial charge in [0.1, 0.15) is 5.75 Å². The molecular formula is C20H22FNO5. The van der Waals surface area contributed by atoms with Gasteiger partial charge in [0.05, 0.1) is 20.1 Å². The number of carbonyl (C=O) groups is 2. The number of hydrogen-bond donors (Lipinski definition) is 2. The SMILES string of the molecule is CCCOc1cccc(CC(=O)NC(C(=O)O)c2ccc(OC)c(F)c2)c1. The number of ether oxygens (including phenoxy) is 2. The fourth-order valence-corrected chi connectivity index (χ4v) is 2.51. The Morgan fingerprint density at radius 1 is 1.22 bits per heavy atom. The molecule has 0 spiro atoms. The molecular weight excluding hydrogens is 353 g/mol. The van der Waals surface area contributed by atoms with Gasteiger partial charge < -0.3 is 19.9 Å². The number of carboxylic acids is 1. The standard InChI is InChI=1S/C20H22FNO5/c1-3-9-27-15-6-4-5-13(10-15)11-18(23)22-19(20(24)25)14-7-8-17(26-2)16(21)12-14/h4-8,10,12,19H,3,9,11H2,1-2H3,(H,22,23)(H,24,25). The molecule has 0 aromatic heterocycles. The van der Waals surface area contributed by atoms with E-state index in [1.165, 1.54) is 19.2 Å². The molecule has 1 atom stereocenters. The van der Waals surface area contributed by atoms with Crippen LogP contribution in [0.2, 0.25) is 0 Å². The number of halogens is 1. The Morgan fingerprint density at radius 2 is 2.00 bits per heavy atom. The third-order valence-electron chi connectivity index (χ3n) is 3.80. The molecule has 144 valence electrons. The number of amides is 1. The molecule has 2 N–H and O–H groups in total. The van der Waals surface area contributed by atoms with Gasteiger partial charge in [-0.1, -0.05) is 25.1 Å². The largest absolute Gasteiger partial charge is 0.494 e. The zero-order valence-electron chi connectivity index (χ0n) is 15.2. The van der Waals surface area contributed by atoms with Crippen molar-refractivity contribution in [1.82, 2.24) is 5.32 Å². The van der Waals surface area contributed by atoms with Gasteiger partial charge in [-0.25, -0.2) is 9.18 Å². The number of methoxy groups -OCH3 is 1. The van der Waals surface area contributed by atoms with Crippen molar-refractivity contribution in [2.45, 2.75) is 25.8 Å². The summed E-state index contributed by atoms with van der Waals surface area (Å²) in [5.41, 5.74) is 0.806. The van der Waals surface area contributed by atoms with Crippen molar-refractivity contribution in [3.05, 3.63) is 59.4 Å². The van der Waals surface area contributed by atoms with Crippen LogP contribution >= 0.6 is 0 Å². The van der Waals surface area contributed by atoms with Crippen LogP contribution in [0, 0.1) is 5.82 Å². The van der Waals surface area contributed by atoms with Crippen LogP contribution in [0.25, 0.3) is 0 Å². The maximum absolute atomic E-state index is 13.9. The molecule has 0 aliphatic rings. The third-order valence-corrected chi connectivity index (χ3v) is 3.80. The summed E-state index contributed by atoms with van der Waals surface area (Å²) < 4.78 is 24.2. The second-order valence-corrected chi connectivity index (χ2v) is 5.91. The van der Waals surface area contributed by atoms with Crippen molar-refractivity contribution in [3.63, 3.8) is 0 Å². The lowest BCUT2D eigenvalue weighted by Gasteiger charge is -2.16. The predicted molar refractivity (Wildman–Crippen MR) is 97.4 cm³/mol. The van der Waals surface area contributed by atoms with Gasteiger partial charge in [0.2, 0.25) is 5.91 Å². The molecule has 1 amide bonds. The minimum atomic E-state index is -1.36. The summed E-state index contributed by atoms with van der Waals surface area (Å²) in [7, 11) is 1.31. The first-order valence-electron chi connectivity index (χ1n) is 8.52. The highest BCUT2D eigenvalue weighted by molar-refractivity contribution is 5.85. The predicted octanol–water partition coefficient (Wildman–Crippen LogP) is 3.11.